The van der Waals surface area contributed by atoms with Crippen LogP contribution in [0.2, 0.25) is 0 Å². The Kier molecular flexibility index (Phi) is 3.17. The van der Waals surface area contributed by atoms with Crippen molar-refractivity contribution in [2.24, 2.45) is 10.2 Å². The smallest absolute Gasteiger partial charge is 0.330 e. The van der Waals surface area contributed by atoms with Gasteiger partial charge in [0.2, 0.25) is 0 Å². The van der Waals surface area contributed by atoms with E-state index in [0.717, 1.165) is 0 Å². The Hall–Kier alpha value is -0.930. The van der Waals surface area contributed by atoms with E-state index in [1.807, 2.05) is 20.8 Å². The standard InChI is InChI=1S/C7H14N2O2/c1-5(6(10)11)8-9-7(2,3)4/h5H,1-4H3,(H,10,11). The summed E-state index contributed by atoms with van der Waals surface area (Å²) in [5.74, 6) is -0.946. The highest BCUT2D eigenvalue weighted by Gasteiger charge is 2.11. The van der Waals surface area contributed by atoms with Crippen molar-refractivity contribution >= 4 is 5.97 Å². The third-order valence-electron chi connectivity index (χ3n) is 0.888. The van der Waals surface area contributed by atoms with Gasteiger partial charge in [0.25, 0.3) is 0 Å². The molecule has 0 aromatic heterocycles. The van der Waals surface area contributed by atoms with Gasteiger partial charge in [-0.05, 0) is 27.7 Å². The van der Waals surface area contributed by atoms with Gasteiger partial charge >= 0.3 is 5.97 Å². The van der Waals surface area contributed by atoms with E-state index < -0.39 is 12.0 Å². The summed E-state index contributed by atoms with van der Waals surface area (Å²) in [7, 11) is 0. The molecule has 4 nitrogen and oxygen atoms in total. The van der Waals surface area contributed by atoms with Crippen molar-refractivity contribution in [2.45, 2.75) is 39.3 Å². The number of hydrogen-bond donors (Lipinski definition) is 1. The molecule has 0 aromatic rings. The maximum Gasteiger partial charge on any atom is 0.330 e. The first kappa shape index (κ1) is 10.1. The second-order valence-corrected chi connectivity index (χ2v) is 3.40. The van der Waals surface area contributed by atoms with Crippen molar-refractivity contribution in [3.05, 3.63) is 0 Å². The molecule has 0 aliphatic heterocycles. The summed E-state index contributed by atoms with van der Waals surface area (Å²) in [6.07, 6.45) is 0. The minimum Gasteiger partial charge on any atom is -0.480 e. The highest BCUT2D eigenvalue weighted by molar-refractivity contribution is 5.72. The van der Waals surface area contributed by atoms with E-state index in [-0.39, 0.29) is 5.54 Å². The van der Waals surface area contributed by atoms with Crippen LogP contribution in [0.25, 0.3) is 0 Å². The first-order chi connectivity index (χ1) is 4.83. The highest BCUT2D eigenvalue weighted by Crippen LogP contribution is 2.07. The van der Waals surface area contributed by atoms with Crippen LogP contribution >= 0.6 is 0 Å². The van der Waals surface area contributed by atoms with Gasteiger partial charge in [-0.25, -0.2) is 4.79 Å². The van der Waals surface area contributed by atoms with E-state index in [0.29, 0.717) is 0 Å². The molecule has 0 spiro atoms. The van der Waals surface area contributed by atoms with Crippen molar-refractivity contribution in [1.82, 2.24) is 0 Å². The SMILES string of the molecule is CC(N=NC(C)(C)C)C(=O)O. The molecule has 0 aliphatic rings. The Balaban J connectivity index is 4.04. The molecule has 1 N–H and O–H groups in total. The Morgan fingerprint density at radius 1 is 1.45 bits per heavy atom. The molecule has 0 aromatic carbocycles. The minimum atomic E-state index is -0.946. The minimum absolute atomic E-state index is 0.288. The molecule has 0 radical (unpaired) electrons. The average molecular weight is 158 g/mol. The summed E-state index contributed by atoms with van der Waals surface area (Å²) < 4.78 is 0. The number of hydrogen-bond acceptors (Lipinski definition) is 3. The zero-order valence-corrected chi connectivity index (χ0v) is 7.33. The first-order valence-corrected chi connectivity index (χ1v) is 3.48. The number of carbonyl (C=O) groups is 1. The van der Waals surface area contributed by atoms with Crippen LogP contribution in [0.3, 0.4) is 0 Å². The quantitative estimate of drug-likeness (QED) is 0.622. The Bertz CT molecular complexity index is 170. The van der Waals surface area contributed by atoms with Crippen LogP contribution in [0.15, 0.2) is 10.2 Å². The average Bonchev–Trinajstić information content (AvgIpc) is 1.80. The molecule has 0 saturated heterocycles. The molecule has 0 heterocycles. The molecule has 0 saturated carbocycles. The Labute approximate surface area is 66.3 Å². The van der Waals surface area contributed by atoms with E-state index in [1.165, 1.54) is 6.92 Å². The topological polar surface area (TPSA) is 62.0 Å². The molecule has 0 fully saturated rings. The molecule has 4 heteroatoms. The molecule has 0 bridgehead atoms. The predicted molar refractivity (Wildman–Crippen MR) is 41.7 cm³/mol. The molecule has 64 valence electrons. The summed E-state index contributed by atoms with van der Waals surface area (Å²) in [5.41, 5.74) is -0.288. The third-order valence-corrected chi connectivity index (χ3v) is 0.888. The van der Waals surface area contributed by atoms with Gasteiger partial charge in [0.1, 0.15) is 0 Å². The van der Waals surface area contributed by atoms with Gasteiger partial charge in [0, 0.05) is 0 Å². The van der Waals surface area contributed by atoms with Crippen molar-refractivity contribution in [3.63, 3.8) is 0 Å². The van der Waals surface area contributed by atoms with Crippen molar-refractivity contribution in [2.75, 3.05) is 0 Å². The van der Waals surface area contributed by atoms with Crippen molar-refractivity contribution in [1.29, 1.82) is 0 Å². The fourth-order valence-corrected chi connectivity index (χ4v) is 0.309. The van der Waals surface area contributed by atoms with Gasteiger partial charge in [0.05, 0.1) is 5.54 Å². The summed E-state index contributed by atoms with van der Waals surface area (Å²) >= 11 is 0. The molecule has 1 atom stereocenters. The fourth-order valence-electron chi connectivity index (χ4n) is 0.309. The number of aliphatic carboxylic acids is 1. The third kappa shape index (κ3) is 5.51. The largest absolute Gasteiger partial charge is 0.480 e. The van der Waals surface area contributed by atoms with Crippen molar-refractivity contribution in [3.8, 4) is 0 Å². The molecule has 0 rings (SSSR count). The normalized spacial score (nSPS) is 15.3. The van der Waals surface area contributed by atoms with Crippen LogP contribution in [0, 0.1) is 0 Å². The number of carboxylic acid groups (broad SMARTS) is 1. The van der Waals surface area contributed by atoms with E-state index in [1.54, 1.807) is 0 Å². The molecule has 0 aliphatic carbocycles. The van der Waals surface area contributed by atoms with Crippen LogP contribution in [0.4, 0.5) is 0 Å². The number of rotatable bonds is 2. The lowest BCUT2D eigenvalue weighted by molar-refractivity contribution is -0.138. The van der Waals surface area contributed by atoms with Crippen LogP contribution in [-0.4, -0.2) is 22.7 Å². The van der Waals surface area contributed by atoms with Gasteiger partial charge in [0.15, 0.2) is 6.04 Å². The zero-order valence-electron chi connectivity index (χ0n) is 7.33. The van der Waals surface area contributed by atoms with Crippen LogP contribution < -0.4 is 0 Å². The molecule has 11 heavy (non-hydrogen) atoms. The van der Waals surface area contributed by atoms with Crippen LogP contribution in [-0.2, 0) is 4.79 Å². The molecule has 1 unspecified atom stereocenters. The maximum absolute atomic E-state index is 10.3. The van der Waals surface area contributed by atoms with Crippen LogP contribution in [0.5, 0.6) is 0 Å². The van der Waals surface area contributed by atoms with Gasteiger partial charge in [-0.15, -0.1) is 0 Å². The summed E-state index contributed by atoms with van der Waals surface area (Å²) in [6.45, 7) is 7.10. The molecular weight excluding hydrogens is 144 g/mol. The number of nitrogens with zero attached hydrogens (tertiary/aromatic N) is 2. The molecule has 0 amide bonds. The lowest BCUT2D eigenvalue weighted by atomic mass is 10.1. The predicted octanol–water partition coefficient (Wildman–Crippen LogP) is 1.71. The van der Waals surface area contributed by atoms with Gasteiger partial charge < -0.3 is 5.11 Å². The van der Waals surface area contributed by atoms with E-state index >= 15 is 0 Å². The summed E-state index contributed by atoms with van der Waals surface area (Å²) in [6, 6.07) is -0.741. The monoisotopic (exact) mass is 158 g/mol. The summed E-state index contributed by atoms with van der Waals surface area (Å²) in [5, 5.41) is 15.9. The van der Waals surface area contributed by atoms with Gasteiger partial charge in [-0.2, -0.15) is 10.2 Å². The Morgan fingerprint density at radius 3 is 2.18 bits per heavy atom. The molecular formula is C7H14N2O2. The Morgan fingerprint density at radius 2 is 1.91 bits per heavy atom. The lowest BCUT2D eigenvalue weighted by Gasteiger charge is -2.09. The number of carboxylic acids is 1. The maximum atomic E-state index is 10.3. The van der Waals surface area contributed by atoms with E-state index in [4.69, 9.17) is 5.11 Å². The lowest BCUT2D eigenvalue weighted by Crippen LogP contribution is -2.15. The second-order valence-electron chi connectivity index (χ2n) is 3.40. The number of azo groups is 1. The van der Waals surface area contributed by atoms with Gasteiger partial charge in [-0.1, -0.05) is 0 Å². The highest BCUT2D eigenvalue weighted by atomic mass is 16.4. The summed E-state index contributed by atoms with van der Waals surface area (Å²) in [4.78, 5) is 10.3. The van der Waals surface area contributed by atoms with Crippen LogP contribution in [0.1, 0.15) is 27.7 Å². The second kappa shape index (κ2) is 3.46. The van der Waals surface area contributed by atoms with E-state index in [9.17, 15) is 4.79 Å². The van der Waals surface area contributed by atoms with Crippen molar-refractivity contribution < 1.29 is 9.90 Å². The zero-order chi connectivity index (χ0) is 9.07. The first-order valence-electron chi connectivity index (χ1n) is 3.48. The van der Waals surface area contributed by atoms with E-state index in [2.05, 4.69) is 10.2 Å². The van der Waals surface area contributed by atoms with Gasteiger partial charge in [-0.3, -0.25) is 0 Å². The fraction of sp³-hybridized carbons (Fsp3) is 0.857.